The van der Waals surface area contributed by atoms with Crippen molar-refractivity contribution in [3.8, 4) is 5.75 Å². The SMILES string of the molecule is COc1cccc(C(O)c2ccc3nccnc3c2)c1. The molecule has 0 bridgehead atoms. The zero-order valence-corrected chi connectivity index (χ0v) is 11.0. The lowest BCUT2D eigenvalue weighted by molar-refractivity contribution is 0.220. The molecule has 0 spiro atoms. The Hall–Kier alpha value is -2.46. The van der Waals surface area contributed by atoms with E-state index in [9.17, 15) is 5.11 Å². The Balaban J connectivity index is 2.00. The molecular weight excluding hydrogens is 252 g/mol. The average Bonchev–Trinajstić information content (AvgIpc) is 2.53. The highest BCUT2D eigenvalue weighted by Gasteiger charge is 2.12. The van der Waals surface area contributed by atoms with Gasteiger partial charge in [-0.25, -0.2) is 0 Å². The molecule has 100 valence electrons. The number of fused-ring (bicyclic) bond motifs is 1. The van der Waals surface area contributed by atoms with E-state index >= 15 is 0 Å². The highest BCUT2D eigenvalue weighted by molar-refractivity contribution is 5.74. The van der Waals surface area contributed by atoms with E-state index in [1.807, 2.05) is 42.5 Å². The number of aromatic nitrogens is 2. The number of aliphatic hydroxyl groups excluding tert-OH is 1. The molecule has 4 nitrogen and oxygen atoms in total. The number of methoxy groups -OCH3 is 1. The standard InChI is InChI=1S/C16H14N2O2/c1-20-13-4-2-3-11(9-13)16(19)12-5-6-14-15(10-12)18-8-7-17-14/h2-10,16,19H,1H3. The van der Waals surface area contributed by atoms with Gasteiger partial charge in [0.05, 0.1) is 18.1 Å². The van der Waals surface area contributed by atoms with Crippen LogP contribution in [0.5, 0.6) is 5.75 Å². The number of hydrogen-bond acceptors (Lipinski definition) is 4. The molecule has 4 heteroatoms. The second kappa shape index (κ2) is 5.27. The quantitative estimate of drug-likeness (QED) is 0.792. The van der Waals surface area contributed by atoms with Gasteiger partial charge in [-0.05, 0) is 35.4 Å². The second-order valence-corrected chi connectivity index (χ2v) is 4.48. The van der Waals surface area contributed by atoms with Crippen molar-refractivity contribution >= 4 is 11.0 Å². The van der Waals surface area contributed by atoms with E-state index in [2.05, 4.69) is 9.97 Å². The first-order chi connectivity index (χ1) is 9.78. The number of nitrogens with zero attached hydrogens (tertiary/aromatic N) is 2. The predicted octanol–water partition coefficient (Wildman–Crippen LogP) is 2.72. The Kier molecular flexibility index (Phi) is 3.31. The third kappa shape index (κ3) is 2.33. The molecule has 3 aromatic rings. The van der Waals surface area contributed by atoms with Crippen molar-refractivity contribution in [1.82, 2.24) is 9.97 Å². The van der Waals surface area contributed by atoms with Gasteiger partial charge in [-0.15, -0.1) is 0 Å². The summed E-state index contributed by atoms with van der Waals surface area (Å²) in [6.07, 6.45) is 2.58. The van der Waals surface area contributed by atoms with E-state index in [1.54, 1.807) is 19.5 Å². The maximum atomic E-state index is 10.5. The van der Waals surface area contributed by atoms with Crippen LogP contribution >= 0.6 is 0 Å². The van der Waals surface area contributed by atoms with E-state index < -0.39 is 6.10 Å². The Bertz CT molecular complexity index is 743. The number of benzene rings is 2. The Morgan fingerprint density at radius 3 is 2.50 bits per heavy atom. The van der Waals surface area contributed by atoms with Crippen LogP contribution in [0.1, 0.15) is 17.2 Å². The highest BCUT2D eigenvalue weighted by Crippen LogP contribution is 2.26. The molecule has 1 atom stereocenters. The summed E-state index contributed by atoms with van der Waals surface area (Å²) in [6, 6.07) is 13.0. The van der Waals surface area contributed by atoms with Gasteiger partial charge in [-0.3, -0.25) is 9.97 Å². The molecular formula is C16H14N2O2. The maximum Gasteiger partial charge on any atom is 0.119 e. The van der Waals surface area contributed by atoms with Gasteiger partial charge < -0.3 is 9.84 Å². The molecule has 0 aliphatic rings. The first-order valence-electron chi connectivity index (χ1n) is 6.30. The number of ether oxygens (including phenoxy) is 1. The van der Waals surface area contributed by atoms with Crippen LogP contribution in [0.2, 0.25) is 0 Å². The van der Waals surface area contributed by atoms with Crippen molar-refractivity contribution in [2.24, 2.45) is 0 Å². The molecule has 3 rings (SSSR count). The molecule has 2 aromatic carbocycles. The van der Waals surface area contributed by atoms with Gasteiger partial charge in [-0.1, -0.05) is 18.2 Å². The van der Waals surface area contributed by atoms with Gasteiger partial charge in [0.2, 0.25) is 0 Å². The summed E-state index contributed by atoms with van der Waals surface area (Å²) in [7, 11) is 1.61. The zero-order valence-electron chi connectivity index (χ0n) is 11.0. The Labute approximate surface area is 116 Å². The van der Waals surface area contributed by atoms with Crippen molar-refractivity contribution in [1.29, 1.82) is 0 Å². The summed E-state index contributed by atoms with van der Waals surface area (Å²) < 4.78 is 5.18. The fraction of sp³-hybridized carbons (Fsp3) is 0.125. The molecule has 0 saturated heterocycles. The summed E-state index contributed by atoms with van der Waals surface area (Å²) in [5.74, 6) is 0.724. The van der Waals surface area contributed by atoms with Crippen molar-refractivity contribution in [3.63, 3.8) is 0 Å². The van der Waals surface area contributed by atoms with Crippen molar-refractivity contribution in [2.45, 2.75) is 6.10 Å². The van der Waals surface area contributed by atoms with Gasteiger partial charge >= 0.3 is 0 Å². The van der Waals surface area contributed by atoms with Crippen LogP contribution in [0.4, 0.5) is 0 Å². The van der Waals surface area contributed by atoms with E-state index in [0.29, 0.717) is 0 Å². The average molecular weight is 266 g/mol. The third-order valence-electron chi connectivity index (χ3n) is 3.22. The number of aliphatic hydroxyl groups is 1. The van der Waals surface area contributed by atoms with Crippen LogP contribution < -0.4 is 4.74 Å². The molecule has 0 aliphatic heterocycles. The minimum atomic E-state index is -0.712. The van der Waals surface area contributed by atoms with Crippen LogP contribution in [0, 0.1) is 0 Å². The largest absolute Gasteiger partial charge is 0.497 e. The molecule has 0 radical (unpaired) electrons. The van der Waals surface area contributed by atoms with Gasteiger partial charge in [0.25, 0.3) is 0 Å². The fourth-order valence-corrected chi connectivity index (χ4v) is 2.15. The summed E-state index contributed by atoms with van der Waals surface area (Å²) in [6.45, 7) is 0. The van der Waals surface area contributed by atoms with Crippen LogP contribution in [-0.2, 0) is 0 Å². The highest BCUT2D eigenvalue weighted by atomic mass is 16.5. The second-order valence-electron chi connectivity index (χ2n) is 4.48. The van der Waals surface area contributed by atoms with Crippen molar-refractivity contribution in [3.05, 3.63) is 66.0 Å². The van der Waals surface area contributed by atoms with E-state index in [0.717, 1.165) is 27.9 Å². The Morgan fingerprint density at radius 2 is 1.70 bits per heavy atom. The van der Waals surface area contributed by atoms with Crippen molar-refractivity contribution in [2.75, 3.05) is 7.11 Å². The predicted molar refractivity (Wildman–Crippen MR) is 76.6 cm³/mol. The topological polar surface area (TPSA) is 55.2 Å². The van der Waals surface area contributed by atoms with Gasteiger partial charge in [0, 0.05) is 12.4 Å². The third-order valence-corrected chi connectivity index (χ3v) is 3.22. The number of hydrogen-bond donors (Lipinski definition) is 1. The Morgan fingerprint density at radius 1 is 0.950 bits per heavy atom. The van der Waals surface area contributed by atoms with Gasteiger partial charge in [0.1, 0.15) is 11.9 Å². The monoisotopic (exact) mass is 266 g/mol. The lowest BCUT2D eigenvalue weighted by Gasteiger charge is -2.13. The molecule has 1 N–H and O–H groups in total. The summed E-state index contributed by atoms with van der Waals surface area (Å²) >= 11 is 0. The molecule has 0 saturated carbocycles. The minimum absolute atomic E-state index is 0.712. The maximum absolute atomic E-state index is 10.5. The first-order valence-corrected chi connectivity index (χ1v) is 6.30. The normalized spacial score (nSPS) is 12.3. The first kappa shape index (κ1) is 12.6. The smallest absolute Gasteiger partial charge is 0.119 e. The fourth-order valence-electron chi connectivity index (χ4n) is 2.15. The van der Waals surface area contributed by atoms with Crippen LogP contribution in [0.15, 0.2) is 54.9 Å². The summed E-state index contributed by atoms with van der Waals surface area (Å²) in [5, 5.41) is 10.5. The molecule has 20 heavy (non-hydrogen) atoms. The summed E-state index contributed by atoms with van der Waals surface area (Å²) in [5.41, 5.74) is 3.15. The molecule has 1 heterocycles. The van der Waals surface area contributed by atoms with E-state index in [-0.39, 0.29) is 0 Å². The zero-order chi connectivity index (χ0) is 13.9. The van der Waals surface area contributed by atoms with Gasteiger partial charge in [0.15, 0.2) is 0 Å². The van der Waals surface area contributed by atoms with Crippen LogP contribution in [-0.4, -0.2) is 22.2 Å². The van der Waals surface area contributed by atoms with E-state index in [1.165, 1.54) is 0 Å². The lowest BCUT2D eigenvalue weighted by atomic mass is 10.0. The number of rotatable bonds is 3. The molecule has 0 fully saturated rings. The van der Waals surface area contributed by atoms with Crippen LogP contribution in [0.25, 0.3) is 11.0 Å². The molecule has 0 aliphatic carbocycles. The molecule has 0 amide bonds. The van der Waals surface area contributed by atoms with Crippen LogP contribution in [0.3, 0.4) is 0 Å². The summed E-state index contributed by atoms with van der Waals surface area (Å²) in [4.78, 5) is 8.47. The molecule has 1 aromatic heterocycles. The van der Waals surface area contributed by atoms with Crippen molar-refractivity contribution < 1.29 is 9.84 Å². The molecule has 1 unspecified atom stereocenters. The minimum Gasteiger partial charge on any atom is -0.497 e. The van der Waals surface area contributed by atoms with Gasteiger partial charge in [-0.2, -0.15) is 0 Å². The van der Waals surface area contributed by atoms with E-state index in [4.69, 9.17) is 4.74 Å². The lowest BCUT2D eigenvalue weighted by Crippen LogP contribution is -2.00.